The van der Waals surface area contributed by atoms with Gasteiger partial charge in [-0.2, -0.15) is 0 Å². The third-order valence-corrected chi connectivity index (χ3v) is 7.55. The Morgan fingerprint density at radius 3 is 1.11 bits per heavy atom. The van der Waals surface area contributed by atoms with Gasteiger partial charge >= 0.3 is 0 Å². The summed E-state index contributed by atoms with van der Waals surface area (Å²) >= 11 is 1.72. The maximum Gasteiger partial charge on any atom is 0.238 e. The SMILES string of the molecule is O=C1CCC(=O)N1I.c1ccc(P(c2ccccc2)c2ccccc2)cc1. The van der Waals surface area contributed by atoms with E-state index in [4.69, 9.17) is 0 Å². The van der Waals surface area contributed by atoms with Crippen molar-refractivity contribution in [3.63, 3.8) is 0 Å². The van der Waals surface area contributed by atoms with E-state index in [9.17, 15) is 9.59 Å². The summed E-state index contributed by atoms with van der Waals surface area (Å²) in [6.07, 6.45) is 0.781. The summed E-state index contributed by atoms with van der Waals surface area (Å²) in [5.74, 6) is -0.147. The zero-order valence-corrected chi connectivity index (χ0v) is 17.7. The Morgan fingerprint density at radius 2 is 0.889 bits per heavy atom. The number of imide groups is 1. The summed E-state index contributed by atoms with van der Waals surface area (Å²) in [5, 5.41) is 4.19. The van der Waals surface area contributed by atoms with Gasteiger partial charge < -0.3 is 0 Å². The van der Waals surface area contributed by atoms with Gasteiger partial charge in [0.15, 0.2) is 0 Å². The summed E-state index contributed by atoms with van der Waals surface area (Å²) in [7, 11) is -0.446. The van der Waals surface area contributed by atoms with E-state index in [1.807, 2.05) is 0 Å². The second-order valence-corrected chi connectivity index (χ2v) is 9.10. The number of hydrogen-bond donors (Lipinski definition) is 0. The fourth-order valence-electron chi connectivity index (χ4n) is 2.73. The van der Waals surface area contributed by atoms with Gasteiger partial charge in [0.25, 0.3) is 0 Å². The van der Waals surface area contributed by atoms with Gasteiger partial charge in [-0.3, -0.25) is 9.59 Å². The largest absolute Gasteiger partial charge is 0.274 e. The minimum atomic E-state index is -0.446. The van der Waals surface area contributed by atoms with Gasteiger partial charge in [-0.05, 0) is 23.8 Å². The van der Waals surface area contributed by atoms with Crippen LogP contribution < -0.4 is 15.9 Å². The van der Waals surface area contributed by atoms with Crippen molar-refractivity contribution >= 4 is 58.5 Å². The summed E-state index contributed by atoms with van der Waals surface area (Å²) < 4.78 is 1.14. The Morgan fingerprint density at radius 1 is 0.593 bits per heavy atom. The zero-order valence-electron chi connectivity index (χ0n) is 14.7. The van der Waals surface area contributed by atoms with Crippen LogP contribution in [0.3, 0.4) is 0 Å². The normalized spacial score (nSPS) is 13.5. The Labute approximate surface area is 174 Å². The molecule has 1 aliphatic rings. The summed E-state index contributed by atoms with van der Waals surface area (Å²) in [6.45, 7) is 0. The third-order valence-electron chi connectivity index (χ3n) is 4.03. The van der Waals surface area contributed by atoms with Gasteiger partial charge in [0.2, 0.25) is 11.8 Å². The number of amides is 2. The highest BCUT2D eigenvalue weighted by Crippen LogP contribution is 2.32. The van der Waals surface area contributed by atoms with Gasteiger partial charge in [0, 0.05) is 12.8 Å². The molecule has 2 amide bonds. The molecule has 1 saturated heterocycles. The van der Waals surface area contributed by atoms with Crippen LogP contribution in [0.15, 0.2) is 91.0 Å². The number of carbonyl (C=O) groups excluding carboxylic acids is 2. The molecule has 0 N–H and O–H groups in total. The van der Waals surface area contributed by atoms with Crippen molar-refractivity contribution in [3.8, 4) is 0 Å². The molecule has 4 rings (SSSR count). The molecule has 0 aromatic heterocycles. The monoisotopic (exact) mass is 487 g/mol. The summed E-state index contributed by atoms with van der Waals surface area (Å²) in [4.78, 5) is 21.0. The van der Waals surface area contributed by atoms with Crippen molar-refractivity contribution in [2.75, 3.05) is 0 Å². The molecule has 3 aromatic rings. The summed E-state index contributed by atoms with van der Waals surface area (Å²) in [5.41, 5.74) is 0. The molecule has 1 fully saturated rings. The summed E-state index contributed by atoms with van der Waals surface area (Å²) in [6, 6.07) is 32.3. The Hall–Kier alpha value is -2.04. The van der Waals surface area contributed by atoms with Crippen molar-refractivity contribution in [1.29, 1.82) is 0 Å². The molecule has 1 heterocycles. The molecule has 0 atom stereocenters. The molecular weight excluding hydrogens is 468 g/mol. The quantitative estimate of drug-likeness (QED) is 0.243. The topological polar surface area (TPSA) is 37.4 Å². The maximum absolute atomic E-state index is 10.5. The molecule has 3 nitrogen and oxygen atoms in total. The maximum atomic E-state index is 10.5. The lowest BCUT2D eigenvalue weighted by atomic mass is 10.4. The number of carbonyl (C=O) groups is 2. The number of benzene rings is 3. The van der Waals surface area contributed by atoms with Gasteiger partial charge in [-0.1, -0.05) is 91.0 Å². The first-order valence-corrected chi connectivity index (χ1v) is 10.9. The Bertz CT molecular complexity index is 778. The molecule has 3 aromatic carbocycles. The lowest BCUT2D eigenvalue weighted by Gasteiger charge is -2.18. The van der Waals surface area contributed by atoms with Crippen molar-refractivity contribution in [3.05, 3.63) is 91.0 Å². The minimum absolute atomic E-state index is 0.0735. The lowest BCUT2D eigenvalue weighted by molar-refractivity contribution is -0.130. The average Bonchev–Trinajstić information content (AvgIpc) is 3.02. The van der Waals surface area contributed by atoms with Crippen LogP contribution in [0.25, 0.3) is 0 Å². The standard InChI is InChI=1S/C18H15P.C4H4INO2/c1-4-10-16(11-5-1)19(17-12-6-2-7-13-17)18-14-8-3-9-15-18;5-6-3(7)1-2-4(6)8/h1-15H;1-2H2. The van der Waals surface area contributed by atoms with Gasteiger partial charge in [0.1, 0.15) is 0 Å². The average molecular weight is 487 g/mol. The number of hydrogen-bond acceptors (Lipinski definition) is 2. The van der Waals surface area contributed by atoms with Crippen LogP contribution in [0.5, 0.6) is 0 Å². The Balaban J connectivity index is 0.000000221. The highest BCUT2D eigenvalue weighted by atomic mass is 127. The second kappa shape index (κ2) is 9.77. The lowest BCUT2D eigenvalue weighted by Crippen LogP contribution is -2.20. The fourth-order valence-corrected chi connectivity index (χ4v) is 5.52. The molecule has 0 bridgehead atoms. The molecule has 0 aliphatic carbocycles. The van der Waals surface area contributed by atoms with E-state index in [0.29, 0.717) is 12.8 Å². The van der Waals surface area contributed by atoms with Crippen LogP contribution in [0.1, 0.15) is 12.8 Å². The van der Waals surface area contributed by atoms with E-state index in [2.05, 4.69) is 91.0 Å². The first-order chi connectivity index (χ1) is 13.2. The number of halogens is 1. The molecule has 0 spiro atoms. The van der Waals surface area contributed by atoms with Gasteiger partial charge in [-0.15, -0.1) is 0 Å². The number of nitrogens with zero attached hydrogens (tertiary/aromatic N) is 1. The van der Waals surface area contributed by atoms with Crippen molar-refractivity contribution < 1.29 is 9.59 Å². The van der Waals surface area contributed by atoms with E-state index in [1.54, 1.807) is 22.9 Å². The predicted octanol–water partition coefficient (Wildman–Crippen LogP) is 3.93. The van der Waals surface area contributed by atoms with Crippen molar-refractivity contribution in [2.24, 2.45) is 0 Å². The minimum Gasteiger partial charge on any atom is -0.274 e. The molecule has 27 heavy (non-hydrogen) atoms. The van der Waals surface area contributed by atoms with Crippen LogP contribution in [0.4, 0.5) is 0 Å². The van der Waals surface area contributed by atoms with Crippen LogP contribution in [-0.2, 0) is 9.59 Å². The zero-order chi connectivity index (χ0) is 19.1. The second-order valence-electron chi connectivity index (χ2n) is 5.91. The third kappa shape index (κ3) is 5.24. The van der Waals surface area contributed by atoms with E-state index in [1.165, 1.54) is 15.9 Å². The van der Waals surface area contributed by atoms with Gasteiger partial charge in [-0.25, -0.2) is 3.11 Å². The molecule has 5 heteroatoms. The Kier molecular flexibility index (Phi) is 7.13. The molecule has 136 valence electrons. The molecule has 1 aliphatic heterocycles. The first kappa shape index (κ1) is 19.7. The van der Waals surface area contributed by atoms with Crippen LogP contribution in [0.2, 0.25) is 0 Å². The highest BCUT2D eigenvalue weighted by molar-refractivity contribution is 14.1. The molecular formula is C22H19INO2P. The van der Waals surface area contributed by atoms with Crippen molar-refractivity contribution in [1.82, 2.24) is 3.11 Å². The van der Waals surface area contributed by atoms with E-state index >= 15 is 0 Å². The van der Waals surface area contributed by atoms with Crippen molar-refractivity contribution in [2.45, 2.75) is 12.8 Å². The molecule has 0 saturated carbocycles. The highest BCUT2D eigenvalue weighted by Gasteiger charge is 2.26. The first-order valence-electron chi connectivity index (χ1n) is 8.63. The number of rotatable bonds is 3. The van der Waals surface area contributed by atoms with Crippen LogP contribution in [-0.4, -0.2) is 14.9 Å². The van der Waals surface area contributed by atoms with E-state index in [0.717, 1.165) is 3.11 Å². The molecule has 0 radical (unpaired) electrons. The fraction of sp³-hybridized carbons (Fsp3) is 0.0909. The van der Waals surface area contributed by atoms with Crippen LogP contribution in [0, 0.1) is 0 Å². The van der Waals surface area contributed by atoms with Gasteiger partial charge in [0.05, 0.1) is 22.9 Å². The smallest absolute Gasteiger partial charge is 0.238 e. The predicted molar refractivity (Wildman–Crippen MR) is 120 cm³/mol. The van der Waals surface area contributed by atoms with E-state index < -0.39 is 7.92 Å². The molecule has 0 unspecified atom stereocenters. The van der Waals surface area contributed by atoms with E-state index in [-0.39, 0.29) is 11.8 Å². The van der Waals surface area contributed by atoms with Crippen LogP contribution >= 0.6 is 30.8 Å².